The van der Waals surface area contributed by atoms with Gasteiger partial charge in [0, 0.05) is 12.1 Å². The number of aliphatic hydroxyl groups is 1. The van der Waals surface area contributed by atoms with Crippen LogP contribution >= 0.6 is 11.6 Å². The molecule has 0 aliphatic rings. The summed E-state index contributed by atoms with van der Waals surface area (Å²) >= 11 is 5.97. The van der Waals surface area contributed by atoms with Gasteiger partial charge in [-0.2, -0.15) is 0 Å². The van der Waals surface area contributed by atoms with Crippen LogP contribution in [0.3, 0.4) is 0 Å². The van der Waals surface area contributed by atoms with E-state index in [2.05, 4.69) is 5.32 Å². The van der Waals surface area contributed by atoms with Crippen molar-refractivity contribution in [2.75, 3.05) is 13.6 Å². The molecule has 2 atom stereocenters. The van der Waals surface area contributed by atoms with Crippen LogP contribution in [0, 0.1) is 0 Å². The highest BCUT2D eigenvalue weighted by atomic mass is 35.5. The number of halogens is 1. The van der Waals surface area contributed by atoms with Crippen LogP contribution in [0.2, 0.25) is 5.02 Å². The molecule has 0 saturated carbocycles. The molecule has 2 amide bonds. The van der Waals surface area contributed by atoms with Gasteiger partial charge in [-0.3, -0.25) is 0 Å². The summed E-state index contributed by atoms with van der Waals surface area (Å²) in [6.07, 6.45) is -2.70. The predicted octanol–water partition coefficient (Wildman–Crippen LogP) is 2.75. The van der Waals surface area contributed by atoms with Gasteiger partial charge < -0.3 is 25.2 Å². The van der Waals surface area contributed by atoms with E-state index in [0.29, 0.717) is 5.02 Å². The third kappa shape index (κ3) is 8.09. The number of aliphatic hydroxyl groups excluding tert-OH is 1. The average molecular weight is 373 g/mol. The SMILES string of the molecule is CN(C[C@@H](O)[C@H](Cc1cccc(Cl)c1)NC(=O)OC(C)(C)C)C(=O)O. The van der Waals surface area contributed by atoms with Gasteiger partial charge in [0.1, 0.15) is 5.60 Å². The zero-order valence-corrected chi connectivity index (χ0v) is 15.6. The molecule has 0 radical (unpaired) electrons. The highest BCUT2D eigenvalue weighted by molar-refractivity contribution is 6.30. The Morgan fingerprint density at radius 2 is 2.00 bits per heavy atom. The number of nitrogens with one attached hydrogen (secondary N) is 1. The molecule has 0 aromatic heterocycles. The van der Waals surface area contributed by atoms with Crippen molar-refractivity contribution in [2.45, 2.75) is 44.9 Å². The lowest BCUT2D eigenvalue weighted by Gasteiger charge is -2.28. The van der Waals surface area contributed by atoms with Gasteiger partial charge in [-0.15, -0.1) is 0 Å². The first kappa shape index (κ1) is 21.1. The molecule has 1 aromatic carbocycles. The van der Waals surface area contributed by atoms with Crippen molar-refractivity contribution in [3.8, 4) is 0 Å². The number of hydrogen-bond acceptors (Lipinski definition) is 4. The lowest BCUT2D eigenvalue weighted by molar-refractivity contribution is 0.0385. The Bertz CT molecular complexity index is 603. The van der Waals surface area contributed by atoms with Gasteiger partial charge in [-0.1, -0.05) is 23.7 Å². The fourth-order valence-electron chi connectivity index (χ4n) is 2.15. The van der Waals surface area contributed by atoms with Gasteiger partial charge in [-0.25, -0.2) is 9.59 Å². The van der Waals surface area contributed by atoms with Crippen molar-refractivity contribution in [3.05, 3.63) is 34.9 Å². The van der Waals surface area contributed by atoms with Crippen molar-refractivity contribution in [1.82, 2.24) is 10.2 Å². The number of benzene rings is 1. The molecular weight excluding hydrogens is 348 g/mol. The van der Waals surface area contributed by atoms with E-state index in [4.69, 9.17) is 21.4 Å². The van der Waals surface area contributed by atoms with Crippen molar-refractivity contribution in [1.29, 1.82) is 0 Å². The van der Waals surface area contributed by atoms with Crippen LogP contribution in [0.5, 0.6) is 0 Å². The summed E-state index contributed by atoms with van der Waals surface area (Å²) < 4.78 is 5.22. The maximum Gasteiger partial charge on any atom is 0.407 e. The maximum absolute atomic E-state index is 12.0. The maximum atomic E-state index is 12.0. The number of hydrogen-bond donors (Lipinski definition) is 3. The summed E-state index contributed by atoms with van der Waals surface area (Å²) in [5.41, 5.74) is 0.110. The number of rotatable bonds is 6. The predicted molar refractivity (Wildman–Crippen MR) is 95.0 cm³/mol. The molecule has 0 aliphatic carbocycles. The van der Waals surface area contributed by atoms with Crippen LogP contribution in [-0.4, -0.2) is 58.6 Å². The second kappa shape index (κ2) is 8.92. The quantitative estimate of drug-likeness (QED) is 0.713. The zero-order chi connectivity index (χ0) is 19.2. The van der Waals surface area contributed by atoms with E-state index in [0.717, 1.165) is 10.5 Å². The number of ether oxygens (including phenoxy) is 1. The smallest absolute Gasteiger partial charge is 0.407 e. The molecule has 140 valence electrons. The lowest BCUT2D eigenvalue weighted by Crippen LogP contribution is -2.50. The molecule has 7 nitrogen and oxygen atoms in total. The highest BCUT2D eigenvalue weighted by Crippen LogP contribution is 2.15. The molecule has 0 aliphatic heterocycles. The molecular formula is C17H25ClN2O5. The van der Waals surface area contributed by atoms with Gasteiger partial charge >= 0.3 is 12.2 Å². The minimum atomic E-state index is -1.17. The van der Waals surface area contributed by atoms with Crippen molar-refractivity contribution < 1.29 is 24.5 Å². The Labute approximate surface area is 152 Å². The third-order valence-electron chi connectivity index (χ3n) is 3.30. The van der Waals surface area contributed by atoms with Crippen LogP contribution < -0.4 is 5.32 Å². The minimum Gasteiger partial charge on any atom is -0.465 e. The molecule has 0 spiro atoms. The van der Waals surface area contributed by atoms with E-state index >= 15 is 0 Å². The normalized spacial score (nSPS) is 13.7. The first-order valence-corrected chi connectivity index (χ1v) is 8.22. The Morgan fingerprint density at radius 3 is 2.52 bits per heavy atom. The van der Waals surface area contributed by atoms with Crippen LogP contribution in [0.15, 0.2) is 24.3 Å². The van der Waals surface area contributed by atoms with Gasteiger partial charge in [0.05, 0.1) is 18.7 Å². The number of carbonyl (C=O) groups excluding carboxylic acids is 1. The van der Waals surface area contributed by atoms with Gasteiger partial charge in [0.25, 0.3) is 0 Å². The minimum absolute atomic E-state index is 0.156. The van der Waals surface area contributed by atoms with Gasteiger partial charge in [0.2, 0.25) is 0 Å². The molecule has 1 rings (SSSR count). The molecule has 0 bridgehead atoms. The number of carbonyl (C=O) groups is 2. The van der Waals surface area contributed by atoms with Crippen molar-refractivity contribution in [2.24, 2.45) is 0 Å². The first-order chi connectivity index (χ1) is 11.5. The summed E-state index contributed by atoms with van der Waals surface area (Å²) in [5.74, 6) is 0. The van der Waals surface area contributed by atoms with Crippen LogP contribution in [0.25, 0.3) is 0 Å². The van der Waals surface area contributed by atoms with Crippen LogP contribution in [-0.2, 0) is 11.2 Å². The first-order valence-electron chi connectivity index (χ1n) is 7.84. The van der Waals surface area contributed by atoms with E-state index in [1.54, 1.807) is 39.0 Å². The molecule has 3 N–H and O–H groups in total. The Morgan fingerprint density at radius 1 is 1.36 bits per heavy atom. The van der Waals surface area contributed by atoms with Crippen molar-refractivity contribution >= 4 is 23.8 Å². The summed E-state index contributed by atoms with van der Waals surface area (Å²) in [4.78, 5) is 24.0. The summed E-state index contributed by atoms with van der Waals surface area (Å²) in [7, 11) is 1.34. The van der Waals surface area contributed by atoms with E-state index < -0.39 is 29.9 Å². The average Bonchev–Trinajstić information content (AvgIpc) is 2.44. The number of amides is 2. The fraction of sp³-hybridized carbons (Fsp3) is 0.529. The van der Waals surface area contributed by atoms with Crippen LogP contribution in [0.1, 0.15) is 26.3 Å². The number of nitrogens with zero attached hydrogens (tertiary/aromatic N) is 1. The largest absolute Gasteiger partial charge is 0.465 e. The molecule has 0 unspecified atom stereocenters. The molecule has 25 heavy (non-hydrogen) atoms. The Balaban J connectivity index is 2.88. The van der Waals surface area contributed by atoms with E-state index in [9.17, 15) is 14.7 Å². The zero-order valence-electron chi connectivity index (χ0n) is 14.8. The second-order valence-corrected chi connectivity index (χ2v) is 7.25. The van der Waals surface area contributed by atoms with Gasteiger partial charge in [0.15, 0.2) is 0 Å². The molecule has 0 heterocycles. The summed E-state index contributed by atoms with van der Waals surface area (Å²) in [6.45, 7) is 5.03. The Hall–Kier alpha value is -1.99. The molecule has 0 saturated heterocycles. The number of likely N-dealkylation sites (N-methyl/N-ethyl adjacent to an activating group) is 1. The Kier molecular flexibility index (Phi) is 7.51. The van der Waals surface area contributed by atoms with Gasteiger partial charge in [-0.05, 0) is 44.9 Å². The molecule has 0 fully saturated rings. The number of alkyl carbamates (subject to hydrolysis) is 1. The summed E-state index contributed by atoms with van der Waals surface area (Å²) in [5, 5.41) is 22.5. The van der Waals surface area contributed by atoms with Crippen molar-refractivity contribution in [3.63, 3.8) is 0 Å². The topological polar surface area (TPSA) is 99.1 Å². The van der Waals surface area contributed by atoms with E-state index in [-0.39, 0.29) is 13.0 Å². The second-order valence-electron chi connectivity index (χ2n) is 6.82. The van der Waals surface area contributed by atoms with E-state index in [1.165, 1.54) is 7.05 Å². The monoisotopic (exact) mass is 372 g/mol. The summed E-state index contributed by atoms with van der Waals surface area (Å²) in [6, 6.07) is 6.27. The number of carboxylic acid groups (broad SMARTS) is 1. The third-order valence-corrected chi connectivity index (χ3v) is 3.53. The standard InChI is InChI=1S/C17H25ClN2O5/c1-17(2,3)25-15(22)19-13(14(21)10-20(4)16(23)24)9-11-6-5-7-12(18)8-11/h5-8,13-14,21H,9-10H2,1-4H3,(H,19,22)(H,23,24)/t13-,14+/m0/s1. The fourth-order valence-corrected chi connectivity index (χ4v) is 2.36. The molecule has 8 heteroatoms. The molecule has 1 aromatic rings. The van der Waals surface area contributed by atoms with Crippen LogP contribution in [0.4, 0.5) is 9.59 Å². The van der Waals surface area contributed by atoms with E-state index in [1.807, 2.05) is 6.07 Å². The lowest BCUT2D eigenvalue weighted by atomic mass is 10.0. The highest BCUT2D eigenvalue weighted by Gasteiger charge is 2.26.